The molecule has 0 saturated heterocycles. The molecule has 3 rings (SSSR count). The number of rotatable bonds is 9. The third kappa shape index (κ3) is 5.68. The van der Waals surface area contributed by atoms with E-state index in [2.05, 4.69) is 20.6 Å². The van der Waals surface area contributed by atoms with E-state index in [1.807, 2.05) is 55.5 Å². The first-order valence-corrected chi connectivity index (χ1v) is 9.41. The number of methoxy groups -OCH3 is 1. The van der Waals surface area contributed by atoms with Crippen LogP contribution in [0.25, 0.3) is 0 Å². The third-order valence-electron chi connectivity index (χ3n) is 4.27. The van der Waals surface area contributed by atoms with Crippen molar-refractivity contribution in [3.63, 3.8) is 0 Å². The predicted molar refractivity (Wildman–Crippen MR) is 113 cm³/mol. The van der Waals surface area contributed by atoms with Crippen LogP contribution in [0.2, 0.25) is 0 Å². The van der Waals surface area contributed by atoms with E-state index < -0.39 is 0 Å². The molecule has 0 aliphatic rings. The van der Waals surface area contributed by atoms with Gasteiger partial charge < -0.3 is 20.1 Å². The maximum Gasteiger partial charge on any atom is 0.258 e. The lowest BCUT2D eigenvalue weighted by Gasteiger charge is -2.10. The van der Waals surface area contributed by atoms with Crippen molar-refractivity contribution in [2.24, 2.45) is 0 Å². The molecule has 0 aliphatic carbocycles. The molecule has 0 unspecified atom stereocenters. The molecule has 2 aromatic carbocycles. The van der Waals surface area contributed by atoms with E-state index >= 15 is 0 Å². The Morgan fingerprint density at radius 3 is 2.38 bits per heavy atom. The van der Waals surface area contributed by atoms with Crippen LogP contribution in [0.3, 0.4) is 0 Å². The Kier molecular flexibility index (Phi) is 7.00. The van der Waals surface area contributed by atoms with E-state index in [1.165, 1.54) is 12.4 Å². The molecule has 0 bridgehead atoms. The number of ether oxygens (including phenoxy) is 2. The van der Waals surface area contributed by atoms with Crippen molar-refractivity contribution in [1.82, 2.24) is 9.97 Å². The molecular weight excluding hydrogens is 368 g/mol. The number of amides is 1. The van der Waals surface area contributed by atoms with E-state index in [1.54, 1.807) is 7.11 Å². The van der Waals surface area contributed by atoms with Gasteiger partial charge in [-0.3, -0.25) is 4.79 Å². The Hall–Kier alpha value is -3.61. The standard InChI is InChI=1S/C22H24N4O3/c1-3-16-6-4-5-7-20(16)26-21(27)17-14-24-22(25-15-17)23-12-13-29-19-10-8-18(28-2)9-11-19/h4-11,14-15H,3,12-13H2,1-2H3,(H,26,27)(H,23,24,25). The van der Waals surface area contributed by atoms with Gasteiger partial charge in [-0.2, -0.15) is 0 Å². The average Bonchev–Trinajstić information content (AvgIpc) is 2.78. The zero-order valence-electron chi connectivity index (χ0n) is 16.5. The number of nitrogens with zero attached hydrogens (tertiary/aromatic N) is 2. The summed E-state index contributed by atoms with van der Waals surface area (Å²) in [6.45, 7) is 3.03. The highest BCUT2D eigenvalue weighted by Crippen LogP contribution is 2.17. The molecule has 0 radical (unpaired) electrons. The largest absolute Gasteiger partial charge is 0.497 e. The number of nitrogens with one attached hydrogen (secondary N) is 2. The molecule has 0 aliphatic heterocycles. The van der Waals surface area contributed by atoms with Gasteiger partial charge in [-0.15, -0.1) is 0 Å². The molecule has 29 heavy (non-hydrogen) atoms. The van der Waals surface area contributed by atoms with Crippen molar-refractivity contribution in [3.8, 4) is 11.5 Å². The highest BCUT2D eigenvalue weighted by atomic mass is 16.5. The van der Waals surface area contributed by atoms with Crippen LogP contribution in [0, 0.1) is 0 Å². The fourth-order valence-electron chi connectivity index (χ4n) is 2.69. The lowest BCUT2D eigenvalue weighted by molar-refractivity contribution is 0.102. The quantitative estimate of drug-likeness (QED) is 0.539. The summed E-state index contributed by atoms with van der Waals surface area (Å²) >= 11 is 0. The van der Waals surface area contributed by atoms with Crippen LogP contribution in [-0.4, -0.2) is 36.1 Å². The summed E-state index contributed by atoms with van der Waals surface area (Å²) in [5.74, 6) is 1.74. The van der Waals surface area contributed by atoms with Crippen LogP contribution in [-0.2, 0) is 6.42 Å². The van der Waals surface area contributed by atoms with Crippen LogP contribution in [0.15, 0.2) is 60.9 Å². The molecule has 150 valence electrons. The van der Waals surface area contributed by atoms with Crippen LogP contribution < -0.4 is 20.1 Å². The first-order chi connectivity index (χ1) is 14.2. The van der Waals surface area contributed by atoms with Gasteiger partial charge in [0.25, 0.3) is 5.91 Å². The van der Waals surface area contributed by atoms with Gasteiger partial charge in [0.2, 0.25) is 5.95 Å². The van der Waals surface area contributed by atoms with Gasteiger partial charge in [-0.25, -0.2) is 9.97 Å². The van der Waals surface area contributed by atoms with Crippen LogP contribution in [0.5, 0.6) is 11.5 Å². The summed E-state index contributed by atoms with van der Waals surface area (Å²) in [6.07, 6.45) is 3.85. The first-order valence-electron chi connectivity index (χ1n) is 9.41. The number of carbonyl (C=O) groups excluding carboxylic acids is 1. The topological polar surface area (TPSA) is 85.4 Å². The van der Waals surface area contributed by atoms with Gasteiger partial charge >= 0.3 is 0 Å². The van der Waals surface area contributed by atoms with Gasteiger partial charge in [0.1, 0.15) is 18.1 Å². The number of aromatic nitrogens is 2. The smallest absolute Gasteiger partial charge is 0.258 e. The summed E-state index contributed by atoms with van der Waals surface area (Å²) in [4.78, 5) is 20.8. The van der Waals surface area contributed by atoms with Crippen molar-refractivity contribution in [3.05, 3.63) is 72.1 Å². The molecule has 1 heterocycles. The van der Waals surface area contributed by atoms with Crippen LogP contribution >= 0.6 is 0 Å². The molecular formula is C22H24N4O3. The van der Waals surface area contributed by atoms with Crippen molar-refractivity contribution < 1.29 is 14.3 Å². The molecule has 0 fully saturated rings. The van der Waals surface area contributed by atoms with Gasteiger partial charge in [0.15, 0.2) is 0 Å². The lowest BCUT2D eigenvalue weighted by atomic mass is 10.1. The Labute approximate surface area is 170 Å². The Bertz CT molecular complexity index is 928. The molecule has 3 aromatic rings. The third-order valence-corrected chi connectivity index (χ3v) is 4.27. The Balaban J connectivity index is 1.47. The average molecular weight is 392 g/mol. The first kappa shape index (κ1) is 20.1. The van der Waals surface area contributed by atoms with E-state index in [0.717, 1.165) is 29.2 Å². The predicted octanol–water partition coefficient (Wildman–Crippen LogP) is 3.79. The fraction of sp³-hybridized carbons (Fsp3) is 0.227. The van der Waals surface area contributed by atoms with Gasteiger partial charge in [0.05, 0.1) is 19.2 Å². The van der Waals surface area contributed by atoms with Gasteiger partial charge in [-0.1, -0.05) is 25.1 Å². The normalized spacial score (nSPS) is 10.3. The van der Waals surface area contributed by atoms with Gasteiger partial charge in [-0.05, 0) is 42.3 Å². The Morgan fingerprint density at radius 1 is 1.00 bits per heavy atom. The zero-order valence-corrected chi connectivity index (χ0v) is 16.5. The minimum atomic E-state index is -0.236. The van der Waals surface area contributed by atoms with Crippen molar-refractivity contribution in [2.45, 2.75) is 13.3 Å². The minimum absolute atomic E-state index is 0.236. The number of para-hydroxylation sites is 1. The Morgan fingerprint density at radius 2 is 1.69 bits per heavy atom. The summed E-state index contributed by atoms with van der Waals surface area (Å²) in [6, 6.07) is 15.1. The number of carbonyl (C=O) groups is 1. The fourth-order valence-corrected chi connectivity index (χ4v) is 2.69. The second kappa shape index (κ2) is 10.1. The van der Waals surface area contributed by atoms with E-state index in [9.17, 15) is 4.79 Å². The number of hydrogen-bond donors (Lipinski definition) is 2. The summed E-state index contributed by atoms with van der Waals surface area (Å²) < 4.78 is 10.8. The molecule has 7 heteroatoms. The van der Waals surface area contributed by atoms with Crippen molar-refractivity contribution >= 4 is 17.5 Å². The molecule has 1 amide bonds. The molecule has 7 nitrogen and oxygen atoms in total. The minimum Gasteiger partial charge on any atom is -0.497 e. The second-order valence-electron chi connectivity index (χ2n) is 6.21. The SMILES string of the molecule is CCc1ccccc1NC(=O)c1cnc(NCCOc2ccc(OC)cc2)nc1. The number of hydrogen-bond acceptors (Lipinski definition) is 6. The highest BCUT2D eigenvalue weighted by molar-refractivity contribution is 6.04. The molecule has 0 atom stereocenters. The van der Waals surface area contributed by atoms with E-state index in [-0.39, 0.29) is 5.91 Å². The summed E-state index contributed by atoms with van der Waals surface area (Å²) in [5.41, 5.74) is 2.28. The zero-order chi connectivity index (χ0) is 20.5. The van der Waals surface area contributed by atoms with Crippen molar-refractivity contribution in [1.29, 1.82) is 0 Å². The maximum absolute atomic E-state index is 12.4. The van der Waals surface area contributed by atoms with Gasteiger partial charge in [0, 0.05) is 18.1 Å². The molecule has 0 saturated carbocycles. The summed E-state index contributed by atoms with van der Waals surface area (Å²) in [7, 11) is 1.62. The van der Waals surface area contributed by atoms with Crippen LogP contribution in [0.4, 0.5) is 11.6 Å². The van der Waals surface area contributed by atoms with Crippen molar-refractivity contribution in [2.75, 3.05) is 30.9 Å². The molecule has 0 spiro atoms. The second-order valence-corrected chi connectivity index (χ2v) is 6.21. The monoisotopic (exact) mass is 392 g/mol. The van der Waals surface area contributed by atoms with E-state index in [4.69, 9.17) is 9.47 Å². The van der Waals surface area contributed by atoms with E-state index in [0.29, 0.717) is 24.7 Å². The van der Waals surface area contributed by atoms with Crippen LogP contribution in [0.1, 0.15) is 22.8 Å². The lowest BCUT2D eigenvalue weighted by Crippen LogP contribution is -2.16. The summed E-state index contributed by atoms with van der Waals surface area (Å²) in [5, 5.41) is 5.98. The maximum atomic E-state index is 12.4. The highest BCUT2D eigenvalue weighted by Gasteiger charge is 2.09. The number of benzene rings is 2. The molecule has 1 aromatic heterocycles. The molecule has 2 N–H and O–H groups in total. The number of anilines is 2. The number of aryl methyl sites for hydroxylation is 1.